The summed E-state index contributed by atoms with van der Waals surface area (Å²) in [6, 6.07) is 0. The molecule has 0 aromatic rings. The van der Waals surface area contributed by atoms with Crippen LogP contribution in [0, 0.1) is 0 Å². The zero-order chi connectivity index (χ0) is 14.9. The Kier molecular flexibility index (Phi) is 14.6. The van der Waals surface area contributed by atoms with Gasteiger partial charge in [-0.1, -0.05) is 76.0 Å². The van der Waals surface area contributed by atoms with Crippen molar-refractivity contribution >= 4 is 5.78 Å². The molecule has 112 valence electrons. The van der Waals surface area contributed by atoms with Crippen molar-refractivity contribution in [1.82, 2.24) is 0 Å². The van der Waals surface area contributed by atoms with Gasteiger partial charge in [-0.3, -0.25) is 4.79 Å². The molecule has 0 atom stereocenters. The second kappa shape index (κ2) is 15.7. The molecular weight excluding hydrogens is 244 g/mol. The summed E-state index contributed by atoms with van der Waals surface area (Å²) in [4.78, 5) is 11.5. The highest BCUT2D eigenvalue weighted by Gasteiger charge is 1.85. The van der Waals surface area contributed by atoms with Crippen LogP contribution in [-0.2, 0) is 4.79 Å². The molecule has 1 heteroatoms. The molecule has 0 spiro atoms. The van der Waals surface area contributed by atoms with Gasteiger partial charge in [0.1, 0.15) is 0 Å². The molecule has 0 radical (unpaired) electrons. The van der Waals surface area contributed by atoms with Gasteiger partial charge in [0, 0.05) is 0 Å². The van der Waals surface area contributed by atoms with E-state index in [-0.39, 0.29) is 5.78 Å². The van der Waals surface area contributed by atoms with Gasteiger partial charge in [-0.05, 0) is 37.8 Å². The third-order valence-corrected chi connectivity index (χ3v) is 2.96. The molecule has 0 N–H and O–H groups in total. The number of hydrogen-bond acceptors (Lipinski definition) is 1. The summed E-state index contributed by atoms with van der Waals surface area (Å²) in [5.74, 6) is 0.0430. The quantitative estimate of drug-likeness (QED) is 0.244. The molecule has 0 rings (SSSR count). The van der Waals surface area contributed by atoms with E-state index in [1.165, 1.54) is 38.5 Å². The molecule has 0 heterocycles. The van der Waals surface area contributed by atoms with Gasteiger partial charge >= 0.3 is 0 Å². The van der Waals surface area contributed by atoms with Gasteiger partial charge in [0.25, 0.3) is 0 Å². The van der Waals surface area contributed by atoms with Crippen LogP contribution in [0.2, 0.25) is 0 Å². The number of carbonyl (C=O) groups excluding carboxylic acids is 1. The monoisotopic (exact) mass is 274 g/mol. The Hall–Kier alpha value is -1.37. The average Bonchev–Trinajstić information content (AvgIpc) is 2.45. The van der Waals surface area contributed by atoms with Crippen LogP contribution >= 0.6 is 0 Å². The molecule has 0 amide bonds. The fourth-order valence-electron chi connectivity index (χ4n) is 1.73. The van der Waals surface area contributed by atoms with Crippen LogP contribution in [0.4, 0.5) is 0 Å². The number of unbranched alkanes of at least 4 members (excludes halogenated alkanes) is 6. The summed E-state index contributed by atoms with van der Waals surface area (Å²) >= 11 is 0. The fourth-order valence-corrected chi connectivity index (χ4v) is 1.73. The lowest BCUT2D eigenvalue weighted by Gasteiger charge is -1.90. The van der Waals surface area contributed by atoms with Gasteiger partial charge in [-0.15, -0.1) is 0 Å². The molecule has 0 saturated heterocycles. The lowest BCUT2D eigenvalue weighted by molar-refractivity contribution is -0.110. The molecule has 0 unspecified atom stereocenters. The van der Waals surface area contributed by atoms with Crippen molar-refractivity contribution in [2.45, 2.75) is 65.2 Å². The number of ketones is 1. The van der Waals surface area contributed by atoms with E-state index in [0.717, 1.165) is 12.8 Å². The average molecular weight is 274 g/mol. The van der Waals surface area contributed by atoms with Gasteiger partial charge in [0.05, 0.1) is 0 Å². The molecule has 0 aromatic carbocycles. The summed E-state index contributed by atoms with van der Waals surface area (Å²) < 4.78 is 0. The molecule has 0 fully saturated rings. The third kappa shape index (κ3) is 14.7. The first kappa shape index (κ1) is 18.6. The largest absolute Gasteiger partial charge is 0.290 e. The van der Waals surface area contributed by atoms with Crippen LogP contribution < -0.4 is 0 Å². The molecule has 0 aliphatic rings. The molecule has 0 aliphatic carbocycles. The van der Waals surface area contributed by atoms with Gasteiger partial charge in [0.15, 0.2) is 5.78 Å². The molecular formula is C19H30O. The minimum Gasteiger partial charge on any atom is -0.290 e. The maximum Gasteiger partial charge on any atom is 0.178 e. The SMILES string of the molecule is CCCCCC=CC=CC(=O)C=CC=CCCCCC. The van der Waals surface area contributed by atoms with E-state index in [2.05, 4.69) is 26.0 Å². The van der Waals surface area contributed by atoms with Crippen molar-refractivity contribution in [3.8, 4) is 0 Å². The van der Waals surface area contributed by atoms with Crippen molar-refractivity contribution in [3.05, 3.63) is 48.6 Å². The zero-order valence-corrected chi connectivity index (χ0v) is 13.2. The highest BCUT2D eigenvalue weighted by Crippen LogP contribution is 2.00. The van der Waals surface area contributed by atoms with Gasteiger partial charge in [0.2, 0.25) is 0 Å². The van der Waals surface area contributed by atoms with Crippen LogP contribution in [0.1, 0.15) is 65.2 Å². The van der Waals surface area contributed by atoms with Crippen molar-refractivity contribution in [2.75, 3.05) is 0 Å². The molecule has 0 saturated carbocycles. The predicted octanol–water partition coefficient (Wildman–Crippen LogP) is 5.94. The van der Waals surface area contributed by atoms with Crippen molar-refractivity contribution in [2.24, 2.45) is 0 Å². The van der Waals surface area contributed by atoms with Gasteiger partial charge in [-0.25, -0.2) is 0 Å². The number of allylic oxidation sites excluding steroid dienone is 8. The van der Waals surface area contributed by atoms with Gasteiger partial charge in [-0.2, -0.15) is 0 Å². The fraction of sp³-hybridized carbons (Fsp3) is 0.526. The Morgan fingerprint density at radius 2 is 1.15 bits per heavy atom. The maximum atomic E-state index is 11.5. The van der Waals surface area contributed by atoms with E-state index in [1.807, 2.05) is 24.3 Å². The molecule has 20 heavy (non-hydrogen) atoms. The summed E-state index contributed by atoms with van der Waals surface area (Å²) in [7, 11) is 0. The minimum absolute atomic E-state index is 0.0430. The standard InChI is InChI=1S/C19H30O/c1-3-5-7-9-11-13-15-17-19(20)18-16-14-12-10-8-6-4-2/h11-18H,3-10H2,1-2H3. The number of carbonyl (C=O) groups is 1. The van der Waals surface area contributed by atoms with E-state index in [9.17, 15) is 4.79 Å². The normalized spacial score (nSPS) is 12.5. The first-order chi connectivity index (χ1) is 9.81. The Labute approximate surface area is 125 Å². The van der Waals surface area contributed by atoms with Crippen molar-refractivity contribution in [3.63, 3.8) is 0 Å². The first-order valence-corrected chi connectivity index (χ1v) is 8.01. The molecule has 0 aromatic heterocycles. The van der Waals surface area contributed by atoms with E-state index < -0.39 is 0 Å². The molecule has 0 aliphatic heterocycles. The Balaban J connectivity index is 3.70. The first-order valence-electron chi connectivity index (χ1n) is 8.01. The van der Waals surface area contributed by atoms with Crippen LogP contribution in [0.3, 0.4) is 0 Å². The minimum atomic E-state index is 0.0430. The van der Waals surface area contributed by atoms with E-state index in [1.54, 1.807) is 12.2 Å². The highest BCUT2D eigenvalue weighted by atomic mass is 16.1. The third-order valence-electron chi connectivity index (χ3n) is 2.96. The highest BCUT2D eigenvalue weighted by molar-refractivity contribution is 5.99. The number of rotatable bonds is 12. The van der Waals surface area contributed by atoms with Crippen molar-refractivity contribution < 1.29 is 4.79 Å². The second-order valence-corrected chi connectivity index (χ2v) is 4.97. The summed E-state index contributed by atoms with van der Waals surface area (Å²) in [5.41, 5.74) is 0. The lowest BCUT2D eigenvalue weighted by Crippen LogP contribution is -1.82. The molecule has 1 nitrogen and oxygen atoms in total. The smallest absolute Gasteiger partial charge is 0.178 e. The summed E-state index contributed by atoms with van der Waals surface area (Å²) in [6.07, 6.45) is 24.7. The topological polar surface area (TPSA) is 17.1 Å². The van der Waals surface area contributed by atoms with Crippen LogP contribution in [0.5, 0.6) is 0 Å². The summed E-state index contributed by atoms with van der Waals surface area (Å²) in [6.45, 7) is 4.40. The Morgan fingerprint density at radius 3 is 1.55 bits per heavy atom. The Bertz CT molecular complexity index is 300. The Morgan fingerprint density at radius 1 is 0.700 bits per heavy atom. The number of hydrogen-bond donors (Lipinski definition) is 0. The second-order valence-electron chi connectivity index (χ2n) is 4.97. The predicted molar refractivity (Wildman–Crippen MR) is 89.9 cm³/mol. The van der Waals surface area contributed by atoms with Crippen LogP contribution in [-0.4, -0.2) is 5.78 Å². The summed E-state index contributed by atoms with van der Waals surface area (Å²) in [5, 5.41) is 0. The molecule has 0 bridgehead atoms. The van der Waals surface area contributed by atoms with Crippen LogP contribution in [0.25, 0.3) is 0 Å². The maximum absolute atomic E-state index is 11.5. The van der Waals surface area contributed by atoms with E-state index in [0.29, 0.717) is 0 Å². The zero-order valence-electron chi connectivity index (χ0n) is 13.2. The van der Waals surface area contributed by atoms with Gasteiger partial charge < -0.3 is 0 Å². The van der Waals surface area contributed by atoms with E-state index in [4.69, 9.17) is 0 Å². The lowest BCUT2D eigenvalue weighted by atomic mass is 10.2. The van der Waals surface area contributed by atoms with E-state index >= 15 is 0 Å². The van der Waals surface area contributed by atoms with Crippen molar-refractivity contribution in [1.29, 1.82) is 0 Å². The van der Waals surface area contributed by atoms with Crippen LogP contribution in [0.15, 0.2) is 48.6 Å².